The smallest absolute Gasteiger partial charge is 0.151 e. The van der Waals surface area contributed by atoms with E-state index in [9.17, 15) is 0 Å². The SMILES string of the molecule is Cc1ccc2c(c1)C(c1ccccc1)(c1ccccc1)c1cc3c(cc1-2)N(c1ccccc1)c1cc2c(cc1O3)C(c1ccccc1)(c1ccccc1)c1cc(C)ccc1-2. The molecule has 284 valence electrons. The highest BCUT2D eigenvalue weighted by atomic mass is 16.5. The molecule has 0 unspecified atom stereocenters. The van der Waals surface area contributed by atoms with E-state index in [1.165, 1.54) is 77.9 Å². The van der Waals surface area contributed by atoms with Gasteiger partial charge in [-0.25, -0.2) is 0 Å². The number of rotatable bonds is 5. The Hall–Kier alpha value is -7.42. The molecule has 0 radical (unpaired) electrons. The van der Waals surface area contributed by atoms with Crippen LogP contribution in [-0.2, 0) is 10.8 Å². The first-order valence-electron chi connectivity index (χ1n) is 20.9. The maximum atomic E-state index is 7.41. The number of fused-ring (bicyclic) bond motifs is 8. The van der Waals surface area contributed by atoms with E-state index in [1.54, 1.807) is 0 Å². The van der Waals surface area contributed by atoms with Crippen molar-refractivity contribution in [1.29, 1.82) is 0 Å². The highest BCUT2D eigenvalue weighted by molar-refractivity contribution is 5.97. The summed E-state index contributed by atoms with van der Waals surface area (Å²) in [6.07, 6.45) is 0. The van der Waals surface area contributed by atoms with Crippen molar-refractivity contribution in [1.82, 2.24) is 0 Å². The van der Waals surface area contributed by atoms with E-state index in [-0.39, 0.29) is 0 Å². The highest BCUT2D eigenvalue weighted by Crippen LogP contribution is 2.64. The van der Waals surface area contributed by atoms with Crippen molar-refractivity contribution >= 4 is 17.1 Å². The Bertz CT molecular complexity index is 2850. The average molecular weight is 768 g/mol. The van der Waals surface area contributed by atoms with Crippen LogP contribution in [0.5, 0.6) is 11.5 Å². The van der Waals surface area contributed by atoms with Crippen LogP contribution < -0.4 is 9.64 Å². The summed E-state index contributed by atoms with van der Waals surface area (Å²) in [5.74, 6) is 1.67. The lowest BCUT2D eigenvalue weighted by molar-refractivity contribution is 0.474. The number of aryl methyl sites for hydroxylation is 2. The molecule has 9 aromatic carbocycles. The highest BCUT2D eigenvalue weighted by Gasteiger charge is 2.50. The predicted molar refractivity (Wildman–Crippen MR) is 245 cm³/mol. The van der Waals surface area contributed by atoms with Gasteiger partial charge >= 0.3 is 0 Å². The lowest BCUT2D eigenvalue weighted by Gasteiger charge is -2.38. The summed E-state index contributed by atoms with van der Waals surface area (Å²) in [6.45, 7) is 4.41. The molecule has 1 aliphatic heterocycles. The molecule has 3 aliphatic rings. The van der Waals surface area contributed by atoms with Gasteiger partial charge in [0.05, 0.1) is 22.2 Å². The van der Waals surface area contributed by atoms with Crippen molar-refractivity contribution in [2.24, 2.45) is 0 Å². The summed E-state index contributed by atoms with van der Waals surface area (Å²) < 4.78 is 7.41. The average Bonchev–Trinajstić information content (AvgIpc) is 3.74. The van der Waals surface area contributed by atoms with Crippen molar-refractivity contribution in [2.75, 3.05) is 4.90 Å². The molecule has 0 saturated heterocycles. The summed E-state index contributed by atoms with van der Waals surface area (Å²) in [6, 6.07) is 78.3. The molecule has 0 saturated carbocycles. The van der Waals surface area contributed by atoms with Crippen LogP contribution in [0.1, 0.15) is 55.6 Å². The van der Waals surface area contributed by atoms with E-state index in [2.05, 4.69) is 231 Å². The third-order valence-electron chi connectivity index (χ3n) is 13.3. The quantitative estimate of drug-likeness (QED) is 0.173. The van der Waals surface area contributed by atoms with Crippen LogP contribution in [0.3, 0.4) is 0 Å². The van der Waals surface area contributed by atoms with Gasteiger partial charge < -0.3 is 9.64 Å². The molecule has 0 atom stereocenters. The lowest BCUT2D eigenvalue weighted by atomic mass is 9.67. The fraction of sp³-hybridized carbons (Fsp3) is 0.0690. The van der Waals surface area contributed by atoms with Crippen molar-refractivity contribution in [3.8, 4) is 33.8 Å². The molecule has 2 aliphatic carbocycles. The van der Waals surface area contributed by atoms with Gasteiger partial charge in [0, 0.05) is 5.69 Å². The molecule has 0 spiro atoms. The van der Waals surface area contributed by atoms with E-state index in [0.29, 0.717) is 0 Å². The Kier molecular flexibility index (Phi) is 7.52. The summed E-state index contributed by atoms with van der Waals surface area (Å²) >= 11 is 0. The van der Waals surface area contributed by atoms with Crippen LogP contribution in [-0.4, -0.2) is 0 Å². The maximum absolute atomic E-state index is 7.41. The van der Waals surface area contributed by atoms with Crippen LogP contribution in [0.25, 0.3) is 22.3 Å². The van der Waals surface area contributed by atoms with E-state index in [4.69, 9.17) is 4.74 Å². The van der Waals surface area contributed by atoms with Gasteiger partial charge in [0.25, 0.3) is 0 Å². The first-order chi connectivity index (χ1) is 29.6. The fourth-order valence-electron chi connectivity index (χ4n) is 10.8. The number of benzene rings is 9. The molecular weight excluding hydrogens is 727 g/mol. The summed E-state index contributed by atoms with van der Waals surface area (Å²) in [5.41, 5.74) is 19.4. The molecule has 2 heteroatoms. The number of hydrogen-bond acceptors (Lipinski definition) is 2. The molecule has 0 aromatic heterocycles. The van der Waals surface area contributed by atoms with Crippen LogP contribution in [0, 0.1) is 13.8 Å². The van der Waals surface area contributed by atoms with Gasteiger partial charge in [0.15, 0.2) is 11.5 Å². The Morgan fingerprint density at radius 1 is 0.333 bits per heavy atom. The molecule has 2 nitrogen and oxygen atoms in total. The summed E-state index contributed by atoms with van der Waals surface area (Å²) in [7, 11) is 0. The minimum absolute atomic E-state index is 0.553. The first kappa shape index (κ1) is 34.6. The zero-order chi connectivity index (χ0) is 40.0. The van der Waals surface area contributed by atoms with Gasteiger partial charge in [-0.3, -0.25) is 0 Å². The molecule has 0 amide bonds. The van der Waals surface area contributed by atoms with Gasteiger partial charge in [0.2, 0.25) is 0 Å². The Morgan fingerprint density at radius 2 is 0.667 bits per heavy atom. The Morgan fingerprint density at radius 3 is 1.03 bits per heavy atom. The number of nitrogens with zero attached hydrogens (tertiary/aromatic N) is 1. The maximum Gasteiger partial charge on any atom is 0.151 e. The zero-order valence-electron chi connectivity index (χ0n) is 33.6. The van der Waals surface area contributed by atoms with E-state index >= 15 is 0 Å². The third-order valence-corrected chi connectivity index (χ3v) is 13.3. The molecule has 0 bridgehead atoms. The minimum Gasteiger partial charge on any atom is -0.453 e. The van der Waals surface area contributed by atoms with Crippen LogP contribution >= 0.6 is 0 Å². The van der Waals surface area contributed by atoms with Gasteiger partial charge in [-0.05, 0) is 117 Å². The summed E-state index contributed by atoms with van der Waals surface area (Å²) in [5, 5.41) is 0. The Balaban J connectivity index is 1.16. The largest absolute Gasteiger partial charge is 0.453 e. The topological polar surface area (TPSA) is 12.5 Å². The summed E-state index contributed by atoms with van der Waals surface area (Å²) in [4.78, 5) is 2.42. The van der Waals surface area contributed by atoms with Gasteiger partial charge in [-0.2, -0.15) is 0 Å². The van der Waals surface area contributed by atoms with E-state index < -0.39 is 10.8 Å². The van der Waals surface area contributed by atoms with Gasteiger partial charge in [-0.1, -0.05) is 187 Å². The van der Waals surface area contributed by atoms with Gasteiger partial charge in [0.1, 0.15) is 0 Å². The molecule has 12 rings (SSSR count). The van der Waals surface area contributed by atoms with Crippen molar-refractivity contribution in [3.63, 3.8) is 0 Å². The van der Waals surface area contributed by atoms with Crippen LogP contribution in [0.4, 0.5) is 17.1 Å². The van der Waals surface area contributed by atoms with Gasteiger partial charge in [-0.15, -0.1) is 0 Å². The molecule has 0 fully saturated rings. The van der Waals surface area contributed by atoms with Crippen LogP contribution in [0.2, 0.25) is 0 Å². The van der Waals surface area contributed by atoms with Crippen molar-refractivity contribution in [2.45, 2.75) is 24.7 Å². The van der Waals surface area contributed by atoms with Crippen molar-refractivity contribution < 1.29 is 4.74 Å². The lowest BCUT2D eigenvalue weighted by Crippen LogP contribution is -2.29. The second-order valence-electron chi connectivity index (χ2n) is 16.6. The molecule has 1 heterocycles. The Labute approximate surface area is 351 Å². The molecule has 0 N–H and O–H groups in total. The second kappa shape index (κ2) is 13.0. The monoisotopic (exact) mass is 767 g/mol. The van der Waals surface area contributed by atoms with Crippen molar-refractivity contribution in [3.05, 3.63) is 268 Å². The molecule has 60 heavy (non-hydrogen) atoms. The van der Waals surface area contributed by atoms with E-state index in [0.717, 1.165) is 28.6 Å². The number of hydrogen-bond donors (Lipinski definition) is 0. The van der Waals surface area contributed by atoms with Crippen LogP contribution in [0.15, 0.2) is 212 Å². The standard InChI is InChI=1S/C58H41NO/c1-38-28-30-45-47-34-53-55(36-51(47)57(49(45)32-38,40-18-8-3-9-19-40)41-20-10-4-11-21-41)60-56-37-52-48(35-54(56)59(53)44-26-16-7-17-27-44)46-31-29-39(2)33-50(46)58(52,42-22-12-5-13-23-42)43-24-14-6-15-25-43/h3-37H,1-2H3. The number of anilines is 3. The normalized spacial score (nSPS) is 14.5. The number of para-hydroxylation sites is 1. The second-order valence-corrected chi connectivity index (χ2v) is 16.6. The predicted octanol–water partition coefficient (Wildman–Crippen LogP) is 14.6. The fourth-order valence-corrected chi connectivity index (χ4v) is 10.8. The molecular formula is C58H41NO. The zero-order valence-corrected chi connectivity index (χ0v) is 33.6. The van der Waals surface area contributed by atoms with E-state index in [1.807, 2.05) is 0 Å². The minimum atomic E-state index is -0.553. The third kappa shape index (κ3) is 4.70. The molecule has 9 aromatic rings. The number of ether oxygens (including phenoxy) is 1. The first-order valence-corrected chi connectivity index (χ1v) is 20.9.